The fraction of sp³-hybridized carbons (Fsp3) is 0.588. The summed E-state index contributed by atoms with van der Waals surface area (Å²) in [6, 6.07) is 11.0. The maximum absolute atomic E-state index is 12.0. The number of carbonyl (C=O) groups excluding carboxylic acids is 1. The molecule has 108 valence electrons. The van der Waals surface area contributed by atoms with Crippen molar-refractivity contribution >= 4 is 5.91 Å². The van der Waals surface area contributed by atoms with Gasteiger partial charge in [0.15, 0.2) is 0 Å². The fourth-order valence-electron chi connectivity index (χ4n) is 3.42. The van der Waals surface area contributed by atoms with E-state index in [-0.39, 0.29) is 12.0 Å². The van der Waals surface area contributed by atoms with Gasteiger partial charge < -0.3 is 10.1 Å². The van der Waals surface area contributed by atoms with Crippen molar-refractivity contribution in [3.63, 3.8) is 0 Å². The van der Waals surface area contributed by atoms with Gasteiger partial charge in [0.1, 0.15) is 6.10 Å². The van der Waals surface area contributed by atoms with E-state index >= 15 is 0 Å². The minimum absolute atomic E-state index is 0.105. The fourth-order valence-corrected chi connectivity index (χ4v) is 3.42. The summed E-state index contributed by atoms with van der Waals surface area (Å²) in [4.78, 5) is 12.0. The molecule has 3 rings (SSSR count). The van der Waals surface area contributed by atoms with Crippen molar-refractivity contribution in [1.29, 1.82) is 0 Å². The van der Waals surface area contributed by atoms with E-state index in [9.17, 15) is 4.79 Å². The first kappa shape index (κ1) is 13.6. The molecule has 1 aliphatic heterocycles. The first-order chi connectivity index (χ1) is 9.81. The minimum atomic E-state index is -0.192. The van der Waals surface area contributed by atoms with Crippen LogP contribution in [0, 0.1) is 5.92 Å². The Morgan fingerprint density at radius 2 is 2.05 bits per heavy atom. The molecule has 1 aliphatic carbocycles. The SMILES string of the molecule is O=C(N[C@@H]1CC[C@H](Cc2ccccc2)C1)[C@@H]1CCCO1. The molecule has 0 aromatic heterocycles. The van der Waals surface area contributed by atoms with Crippen LogP contribution >= 0.6 is 0 Å². The predicted molar refractivity (Wildman–Crippen MR) is 78.4 cm³/mol. The van der Waals surface area contributed by atoms with Gasteiger partial charge in [0.2, 0.25) is 5.91 Å². The van der Waals surface area contributed by atoms with Crippen molar-refractivity contribution in [2.75, 3.05) is 6.61 Å². The van der Waals surface area contributed by atoms with Crippen molar-refractivity contribution in [3.8, 4) is 0 Å². The minimum Gasteiger partial charge on any atom is -0.368 e. The van der Waals surface area contributed by atoms with Crippen LogP contribution in [0.15, 0.2) is 30.3 Å². The number of amides is 1. The highest BCUT2D eigenvalue weighted by molar-refractivity contribution is 5.81. The van der Waals surface area contributed by atoms with Gasteiger partial charge in [-0.1, -0.05) is 30.3 Å². The largest absolute Gasteiger partial charge is 0.368 e. The molecule has 20 heavy (non-hydrogen) atoms. The lowest BCUT2D eigenvalue weighted by Crippen LogP contribution is -2.40. The van der Waals surface area contributed by atoms with Gasteiger partial charge in [-0.05, 0) is 50.0 Å². The quantitative estimate of drug-likeness (QED) is 0.916. The Morgan fingerprint density at radius 3 is 2.80 bits per heavy atom. The van der Waals surface area contributed by atoms with Crippen LogP contribution in [0.5, 0.6) is 0 Å². The zero-order valence-corrected chi connectivity index (χ0v) is 11.9. The second kappa shape index (κ2) is 6.40. The summed E-state index contributed by atoms with van der Waals surface area (Å²) in [5.74, 6) is 0.806. The first-order valence-electron chi connectivity index (χ1n) is 7.77. The molecule has 1 saturated heterocycles. The topological polar surface area (TPSA) is 38.3 Å². The van der Waals surface area contributed by atoms with Crippen LogP contribution < -0.4 is 5.32 Å². The van der Waals surface area contributed by atoms with E-state index in [0.29, 0.717) is 12.0 Å². The third-order valence-corrected chi connectivity index (χ3v) is 4.48. The van der Waals surface area contributed by atoms with Gasteiger partial charge in [-0.15, -0.1) is 0 Å². The van der Waals surface area contributed by atoms with Crippen molar-refractivity contribution < 1.29 is 9.53 Å². The molecule has 1 aromatic carbocycles. The van der Waals surface area contributed by atoms with Crippen molar-refractivity contribution in [2.45, 2.75) is 50.7 Å². The highest BCUT2D eigenvalue weighted by Crippen LogP contribution is 2.29. The van der Waals surface area contributed by atoms with Crippen LogP contribution in [-0.4, -0.2) is 24.7 Å². The summed E-state index contributed by atoms with van der Waals surface area (Å²) in [6.07, 6.45) is 6.26. The average molecular weight is 273 g/mol. The van der Waals surface area contributed by atoms with Crippen molar-refractivity contribution in [1.82, 2.24) is 5.32 Å². The molecule has 3 heteroatoms. The smallest absolute Gasteiger partial charge is 0.249 e. The molecule has 1 amide bonds. The van der Waals surface area contributed by atoms with E-state index in [1.165, 1.54) is 12.0 Å². The van der Waals surface area contributed by atoms with Crippen LogP contribution in [0.1, 0.15) is 37.7 Å². The Hall–Kier alpha value is -1.35. The second-order valence-corrected chi connectivity index (χ2v) is 6.08. The lowest BCUT2D eigenvalue weighted by Gasteiger charge is -2.16. The Morgan fingerprint density at radius 1 is 1.20 bits per heavy atom. The summed E-state index contributed by atoms with van der Waals surface area (Å²) in [7, 11) is 0. The van der Waals surface area contributed by atoms with E-state index in [0.717, 1.165) is 38.7 Å². The van der Waals surface area contributed by atoms with E-state index in [1.807, 2.05) is 0 Å². The lowest BCUT2D eigenvalue weighted by molar-refractivity contribution is -0.130. The third-order valence-electron chi connectivity index (χ3n) is 4.48. The average Bonchev–Trinajstić information content (AvgIpc) is 3.11. The summed E-state index contributed by atoms with van der Waals surface area (Å²) >= 11 is 0. The molecule has 1 N–H and O–H groups in total. The third kappa shape index (κ3) is 3.40. The Kier molecular flexibility index (Phi) is 4.36. The van der Waals surface area contributed by atoms with E-state index in [1.54, 1.807) is 0 Å². The van der Waals surface area contributed by atoms with Gasteiger partial charge >= 0.3 is 0 Å². The predicted octanol–water partition coefficient (Wildman–Crippen LogP) is 2.69. The molecule has 2 aliphatic rings. The molecule has 0 bridgehead atoms. The molecule has 1 aromatic rings. The van der Waals surface area contributed by atoms with E-state index < -0.39 is 0 Å². The molecule has 0 radical (unpaired) electrons. The molecule has 3 atom stereocenters. The molecule has 1 saturated carbocycles. The Bertz CT molecular complexity index is 440. The van der Waals surface area contributed by atoms with Crippen molar-refractivity contribution in [3.05, 3.63) is 35.9 Å². The molecule has 2 fully saturated rings. The van der Waals surface area contributed by atoms with Gasteiger partial charge in [-0.3, -0.25) is 4.79 Å². The molecule has 1 heterocycles. The molecule has 0 unspecified atom stereocenters. The van der Waals surface area contributed by atoms with Gasteiger partial charge in [-0.25, -0.2) is 0 Å². The number of carbonyl (C=O) groups is 1. The highest BCUT2D eigenvalue weighted by Gasteiger charge is 2.29. The number of hydrogen-bond acceptors (Lipinski definition) is 2. The zero-order chi connectivity index (χ0) is 13.8. The normalized spacial score (nSPS) is 29.5. The Labute approximate surface area is 120 Å². The van der Waals surface area contributed by atoms with E-state index in [2.05, 4.69) is 35.6 Å². The number of ether oxygens (including phenoxy) is 1. The van der Waals surface area contributed by atoms with Crippen LogP contribution in [0.2, 0.25) is 0 Å². The number of benzene rings is 1. The van der Waals surface area contributed by atoms with Crippen LogP contribution in [0.25, 0.3) is 0 Å². The van der Waals surface area contributed by atoms with Crippen LogP contribution in [-0.2, 0) is 16.0 Å². The van der Waals surface area contributed by atoms with Gasteiger partial charge in [0, 0.05) is 12.6 Å². The zero-order valence-electron chi connectivity index (χ0n) is 11.9. The van der Waals surface area contributed by atoms with Gasteiger partial charge in [-0.2, -0.15) is 0 Å². The summed E-state index contributed by atoms with van der Waals surface area (Å²) in [5.41, 5.74) is 1.41. The van der Waals surface area contributed by atoms with Crippen molar-refractivity contribution in [2.24, 2.45) is 5.92 Å². The van der Waals surface area contributed by atoms with Gasteiger partial charge in [0.05, 0.1) is 0 Å². The summed E-state index contributed by atoms with van der Waals surface area (Å²) in [5, 5.41) is 3.17. The van der Waals surface area contributed by atoms with Crippen LogP contribution in [0.3, 0.4) is 0 Å². The molecular weight excluding hydrogens is 250 g/mol. The lowest BCUT2D eigenvalue weighted by atomic mass is 9.98. The summed E-state index contributed by atoms with van der Waals surface area (Å²) in [6.45, 7) is 0.736. The number of nitrogens with one attached hydrogen (secondary N) is 1. The Balaban J connectivity index is 1.46. The number of rotatable bonds is 4. The van der Waals surface area contributed by atoms with Crippen LogP contribution in [0.4, 0.5) is 0 Å². The van der Waals surface area contributed by atoms with Gasteiger partial charge in [0.25, 0.3) is 0 Å². The number of hydrogen-bond donors (Lipinski definition) is 1. The maximum atomic E-state index is 12.0. The second-order valence-electron chi connectivity index (χ2n) is 6.08. The highest BCUT2D eigenvalue weighted by atomic mass is 16.5. The summed E-state index contributed by atoms with van der Waals surface area (Å²) < 4.78 is 5.44. The molecule has 0 spiro atoms. The van der Waals surface area contributed by atoms with E-state index in [4.69, 9.17) is 4.74 Å². The molecular formula is C17H23NO2. The molecule has 3 nitrogen and oxygen atoms in total. The standard InChI is InChI=1S/C17H23NO2/c19-17(16-7-4-10-20-16)18-15-9-8-14(12-15)11-13-5-2-1-3-6-13/h1-3,5-6,14-16H,4,7-12H2,(H,18,19)/t14-,15-,16+/m1/s1. The first-order valence-corrected chi connectivity index (χ1v) is 7.77. The maximum Gasteiger partial charge on any atom is 0.249 e. The monoisotopic (exact) mass is 273 g/mol.